The minimum atomic E-state index is -0.140. The van der Waals surface area contributed by atoms with Gasteiger partial charge in [0.2, 0.25) is 5.91 Å². The third-order valence-electron chi connectivity index (χ3n) is 5.13. The van der Waals surface area contributed by atoms with E-state index in [1.807, 2.05) is 4.90 Å². The van der Waals surface area contributed by atoms with Gasteiger partial charge in [0.05, 0.1) is 5.92 Å². The zero-order valence-corrected chi connectivity index (χ0v) is 15.5. The van der Waals surface area contributed by atoms with Gasteiger partial charge in [-0.15, -0.1) is 0 Å². The van der Waals surface area contributed by atoms with Gasteiger partial charge in [-0.3, -0.25) is 9.59 Å². The quantitative estimate of drug-likeness (QED) is 0.842. The van der Waals surface area contributed by atoms with E-state index in [9.17, 15) is 14.4 Å². The number of nitrogens with one attached hydrogen (secondary N) is 1. The molecule has 0 saturated carbocycles. The number of H-pyrrole nitrogens is 1. The van der Waals surface area contributed by atoms with Crippen LogP contribution in [0.5, 0.6) is 0 Å². The molecule has 3 rings (SSSR count). The molecule has 2 fully saturated rings. The molecular weight excluding hydrogens is 334 g/mol. The van der Waals surface area contributed by atoms with Gasteiger partial charge in [0.1, 0.15) is 5.69 Å². The lowest BCUT2D eigenvalue weighted by Crippen LogP contribution is -2.54. The maximum Gasteiger partial charge on any atom is 0.319 e. The van der Waals surface area contributed by atoms with Gasteiger partial charge in [0.25, 0.3) is 5.91 Å². The van der Waals surface area contributed by atoms with Crippen LogP contribution in [0.1, 0.15) is 23.3 Å². The summed E-state index contributed by atoms with van der Waals surface area (Å²) < 4.78 is 0. The first-order valence-corrected chi connectivity index (χ1v) is 9.15. The molecule has 2 aliphatic heterocycles. The van der Waals surface area contributed by atoms with Gasteiger partial charge in [-0.2, -0.15) is 0 Å². The highest BCUT2D eigenvalue weighted by Crippen LogP contribution is 2.21. The van der Waals surface area contributed by atoms with Crippen LogP contribution >= 0.6 is 0 Å². The Balaban J connectivity index is 1.53. The Hall–Kier alpha value is -2.51. The third kappa shape index (κ3) is 3.84. The highest BCUT2D eigenvalue weighted by Gasteiger charge is 2.33. The van der Waals surface area contributed by atoms with Crippen LogP contribution < -0.4 is 0 Å². The van der Waals surface area contributed by atoms with Gasteiger partial charge >= 0.3 is 6.03 Å². The van der Waals surface area contributed by atoms with Crippen molar-refractivity contribution < 1.29 is 14.4 Å². The highest BCUT2D eigenvalue weighted by molar-refractivity contribution is 5.92. The van der Waals surface area contributed by atoms with Crippen LogP contribution in [0.2, 0.25) is 0 Å². The fraction of sp³-hybridized carbons (Fsp3) is 0.611. The summed E-state index contributed by atoms with van der Waals surface area (Å²) in [4.78, 5) is 47.2. The number of piperazine rings is 1. The van der Waals surface area contributed by atoms with Gasteiger partial charge in [0, 0.05) is 59.6 Å². The topological polar surface area (TPSA) is 80.0 Å². The molecule has 1 aromatic rings. The monoisotopic (exact) mass is 361 g/mol. The van der Waals surface area contributed by atoms with E-state index in [-0.39, 0.29) is 23.8 Å². The van der Waals surface area contributed by atoms with Gasteiger partial charge < -0.3 is 24.6 Å². The molecular formula is C18H27N5O3. The SMILES string of the molecule is CN(C)C(=O)N1CCC[C@H](C(=O)N2CCN(C(=O)c3ccc[nH]3)CC2)C1. The summed E-state index contributed by atoms with van der Waals surface area (Å²) >= 11 is 0. The van der Waals surface area contributed by atoms with E-state index in [0.717, 1.165) is 12.8 Å². The van der Waals surface area contributed by atoms with E-state index in [2.05, 4.69) is 4.98 Å². The summed E-state index contributed by atoms with van der Waals surface area (Å²) in [7, 11) is 3.46. The van der Waals surface area contributed by atoms with Crippen LogP contribution in [0.25, 0.3) is 0 Å². The summed E-state index contributed by atoms with van der Waals surface area (Å²) in [5.74, 6) is -0.0611. The maximum absolute atomic E-state index is 12.9. The number of piperidine rings is 1. The number of nitrogens with zero attached hydrogens (tertiary/aromatic N) is 4. The van der Waals surface area contributed by atoms with Gasteiger partial charge in [-0.05, 0) is 25.0 Å². The Kier molecular flexibility index (Phi) is 5.49. The lowest BCUT2D eigenvalue weighted by atomic mass is 9.96. The number of carbonyl (C=O) groups is 3. The van der Waals surface area contributed by atoms with E-state index in [0.29, 0.717) is 45.0 Å². The molecule has 3 heterocycles. The lowest BCUT2D eigenvalue weighted by molar-refractivity contribution is -0.138. The third-order valence-corrected chi connectivity index (χ3v) is 5.13. The molecule has 26 heavy (non-hydrogen) atoms. The van der Waals surface area contributed by atoms with Crippen molar-refractivity contribution in [1.29, 1.82) is 0 Å². The zero-order valence-electron chi connectivity index (χ0n) is 15.5. The van der Waals surface area contributed by atoms with Crippen molar-refractivity contribution in [3.63, 3.8) is 0 Å². The Morgan fingerprint density at radius 1 is 1.04 bits per heavy atom. The number of amides is 4. The number of rotatable bonds is 2. The van der Waals surface area contributed by atoms with Crippen LogP contribution in [0.4, 0.5) is 4.79 Å². The van der Waals surface area contributed by atoms with Crippen molar-refractivity contribution in [3.8, 4) is 0 Å². The molecule has 0 bridgehead atoms. The number of carbonyl (C=O) groups excluding carboxylic acids is 3. The number of aromatic nitrogens is 1. The van der Waals surface area contributed by atoms with Crippen LogP contribution in [0, 0.1) is 5.92 Å². The molecule has 142 valence electrons. The molecule has 0 radical (unpaired) electrons. The Labute approximate surface area is 153 Å². The normalized spacial score (nSPS) is 20.8. The molecule has 2 aliphatic rings. The van der Waals surface area contributed by atoms with E-state index >= 15 is 0 Å². The van der Waals surface area contributed by atoms with Crippen molar-refractivity contribution in [2.24, 2.45) is 5.92 Å². The van der Waals surface area contributed by atoms with Crippen LogP contribution in [0.3, 0.4) is 0 Å². The standard InChI is InChI=1S/C18H27N5O3/c1-20(2)18(26)23-8-4-5-14(13-23)16(24)21-9-11-22(12-10-21)17(25)15-6-3-7-19-15/h3,6-7,14,19H,4-5,8-13H2,1-2H3/t14-/m0/s1. The van der Waals surface area contributed by atoms with Gasteiger partial charge in [-0.1, -0.05) is 0 Å². The molecule has 8 nitrogen and oxygen atoms in total. The predicted octanol–water partition coefficient (Wildman–Crippen LogP) is 0.693. The first-order chi connectivity index (χ1) is 12.5. The second-order valence-corrected chi connectivity index (χ2v) is 7.16. The number of hydrogen-bond acceptors (Lipinski definition) is 3. The first kappa shape index (κ1) is 18.3. The first-order valence-electron chi connectivity index (χ1n) is 9.15. The second-order valence-electron chi connectivity index (χ2n) is 7.16. The molecule has 8 heteroatoms. The number of aromatic amines is 1. The molecule has 1 aromatic heterocycles. The van der Waals surface area contributed by atoms with Crippen LogP contribution in [-0.2, 0) is 4.79 Å². The van der Waals surface area contributed by atoms with Crippen molar-refractivity contribution >= 4 is 17.8 Å². The molecule has 4 amide bonds. The number of likely N-dealkylation sites (tertiary alicyclic amines) is 1. The summed E-state index contributed by atoms with van der Waals surface area (Å²) in [5, 5.41) is 0. The molecule has 0 aliphatic carbocycles. The van der Waals surface area contributed by atoms with E-state index in [1.54, 1.807) is 47.1 Å². The van der Waals surface area contributed by atoms with Crippen LogP contribution in [-0.4, -0.2) is 95.8 Å². The summed E-state index contributed by atoms with van der Waals surface area (Å²) in [6, 6.07) is 3.53. The summed E-state index contributed by atoms with van der Waals surface area (Å²) in [6.07, 6.45) is 3.40. The minimum absolute atomic E-state index is 0.0254. The predicted molar refractivity (Wildman–Crippen MR) is 96.7 cm³/mol. The molecule has 0 aromatic carbocycles. The van der Waals surface area contributed by atoms with Crippen molar-refractivity contribution in [3.05, 3.63) is 24.0 Å². The maximum atomic E-state index is 12.9. The largest absolute Gasteiger partial charge is 0.357 e. The smallest absolute Gasteiger partial charge is 0.319 e. The molecule has 1 N–H and O–H groups in total. The highest BCUT2D eigenvalue weighted by atomic mass is 16.2. The van der Waals surface area contributed by atoms with Crippen LogP contribution in [0.15, 0.2) is 18.3 Å². The average molecular weight is 361 g/mol. The van der Waals surface area contributed by atoms with E-state index < -0.39 is 0 Å². The Morgan fingerprint density at radius 2 is 1.73 bits per heavy atom. The molecule has 2 saturated heterocycles. The fourth-order valence-electron chi connectivity index (χ4n) is 3.66. The summed E-state index contributed by atoms with van der Waals surface area (Å²) in [5.41, 5.74) is 0.579. The van der Waals surface area contributed by atoms with Crippen molar-refractivity contribution in [2.45, 2.75) is 12.8 Å². The number of hydrogen-bond donors (Lipinski definition) is 1. The fourth-order valence-corrected chi connectivity index (χ4v) is 3.66. The Bertz CT molecular complexity index is 650. The average Bonchev–Trinajstić information content (AvgIpc) is 3.21. The lowest BCUT2D eigenvalue weighted by Gasteiger charge is -2.39. The van der Waals surface area contributed by atoms with Gasteiger partial charge in [-0.25, -0.2) is 4.79 Å². The molecule has 1 atom stereocenters. The van der Waals surface area contributed by atoms with Gasteiger partial charge in [0.15, 0.2) is 0 Å². The van der Waals surface area contributed by atoms with Crippen molar-refractivity contribution in [1.82, 2.24) is 24.6 Å². The second kappa shape index (κ2) is 7.80. The molecule has 0 spiro atoms. The minimum Gasteiger partial charge on any atom is -0.357 e. The number of urea groups is 1. The van der Waals surface area contributed by atoms with Crippen molar-refractivity contribution in [2.75, 3.05) is 53.4 Å². The van der Waals surface area contributed by atoms with E-state index in [4.69, 9.17) is 0 Å². The Morgan fingerprint density at radius 3 is 2.35 bits per heavy atom. The molecule has 0 unspecified atom stereocenters. The van der Waals surface area contributed by atoms with E-state index in [1.165, 1.54) is 0 Å². The summed E-state index contributed by atoms with van der Waals surface area (Å²) in [6.45, 7) is 3.36. The zero-order chi connectivity index (χ0) is 18.7.